The topological polar surface area (TPSA) is 131 Å². The van der Waals surface area contributed by atoms with Crippen molar-refractivity contribution in [2.75, 3.05) is 55.9 Å². The summed E-state index contributed by atoms with van der Waals surface area (Å²) in [5.74, 6) is 0.511. The fraction of sp³-hybridized carbons (Fsp3) is 0.324. The first-order valence-electron chi connectivity index (χ1n) is 15.3. The van der Waals surface area contributed by atoms with Gasteiger partial charge in [-0.15, -0.1) is 0 Å². The second kappa shape index (κ2) is 13.4. The number of Topliss-reactive ketones (excluding diaryl/α,β-unsaturated/α-hetero) is 1. The van der Waals surface area contributed by atoms with Gasteiger partial charge in [-0.3, -0.25) is 14.6 Å². The molecule has 6 rings (SSSR count). The van der Waals surface area contributed by atoms with E-state index in [1.807, 2.05) is 35.8 Å². The molecule has 0 atom stereocenters. The van der Waals surface area contributed by atoms with E-state index in [0.29, 0.717) is 35.8 Å². The van der Waals surface area contributed by atoms with Crippen LogP contribution >= 0.6 is 0 Å². The molecule has 0 unspecified atom stereocenters. The monoisotopic (exact) mass is 623 g/mol. The number of carbonyl (C=O) groups is 3. The van der Waals surface area contributed by atoms with Gasteiger partial charge in [0.25, 0.3) is 0 Å². The first-order valence-corrected chi connectivity index (χ1v) is 15.3. The minimum absolute atomic E-state index is 0.0118. The number of hydrogen-bond acceptors (Lipinski definition) is 8. The smallest absolute Gasteiger partial charge is 0.323 e. The highest BCUT2D eigenvalue weighted by Gasteiger charge is 2.30. The number of methoxy groups -OCH3 is 1. The highest BCUT2D eigenvalue weighted by atomic mass is 16.5. The van der Waals surface area contributed by atoms with Crippen LogP contribution in [-0.2, 0) is 16.6 Å². The third kappa shape index (κ3) is 6.43. The molecule has 2 N–H and O–H groups in total. The first-order chi connectivity index (χ1) is 22.3. The Hall–Kier alpha value is -5.23. The fourth-order valence-corrected chi connectivity index (χ4v) is 6.07. The van der Waals surface area contributed by atoms with Gasteiger partial charge in [0.1, 0.15) is 11.4 Å². The van der Waals surface area contributed by atoms with E-state index in [2.05, 4.69) is 25.5 Å². The quantitative estimate of drug-likeness (QED) is 0.198. The Labute approximate surface area is 267 Å². The summed E-state index contributed by atoms with van der Waals surface area (Å²) in [6.07, 6.45) is 11.0. The average Bonchev–Trinajstić information content (AvgIpc) is 3.56. The third-order valence-electron chi connectivity index (χ3n) is 8.40. The summed E-state index contributed by atoms with van der Waals surface area (Å²) in [6.45, 7) is 2.79. The predicted octanol–water partition coefficient (Wildman–Crippen LogP) is 4.94. The van der Waals surface area contributed by atoms with Gasteiger partial charge in [-0.05, 0) is 61.7 Å². The zero-order valence-electron chi connectivity index (χ0n) is 26.2. The number of nitrogens with zero attached hydrogens (tertiary/aromatic N) is 5. The molecule has 238 valence electrons. The maximum Gasteiger partial charge on any atom is 0.323 e. The molecule has 4 aromatic rings. The second-order valence-electron chi connectivity index (χ2n) is 11.6. The zero-order valence-corrected chi connectivity index (χ0v) is 26.2. The number of piperidine rings is 1. The Kier molecular flexibility index (Phi) is 8.97. The van der Waals surface area contributed by atoms with Crippen LogP contribution in [0.5, 0.6) is 5.75 Å². The summed E-state index contributed by atoms with van der Waals surface area (Å²) in [5.41, 5.74) is 3.97. The van der Waals surface area contributed by atoms with Crippen LogP contribution in [0.3, 0.4) is 0 Å². The van der Waals surface area contributed by atoms with Crippen molar-refractivity contribution in [1.82, 2.24) is 19.4 Å². The molecule has 12 heteroatoms. The summed E-state index contributed by atoms with van der Waals surface area (Å²) in [7, 11) is 5.46. The fourth-order valence-electron chi connectivity index (χ4n) is 6.07. The van der Waals surface area contributed by atoms with Gasteiger partial charge in [-0.1, -0.05) is 0 Å². The van der Waals surface area contributed by atoms with Gasteiger partial charge in [0.15, 0.2) is 5.76 Å². The van der Waals surface area contributed by atoms with E-state index in [4.69, 9.17) is 9.47 Å². The molecule has 1 fully saturated rings. The Bertz CT molecular complexity index is 1790. The number of pyridine rings is 2. The first kappa shape index (κ1) is 30.8. The Morgan fingerprint density at radius 3 is 2.70 bits per heavy atom. The molecule has 0 aliphatic carbocycles. The van der Waals surface area contributed by atoms with Crippen LogP contribution in [0, 0.1) is 5.92 Å². The molecule has 0 spiro atoms. The van der Waals surface area contributed by atoms with E-state index in [1.165, 1.54) is 0 Å². The van der Waals surface area contributed by atoms with Gasteiger partial charge in [-0.25, -0.2) is 9.78 Å². The summed E-state index contributed by atoms with van der Waals surface area (Å²) in [6, 6.07) is 9.96. The van der Waals surface area contributed by atoms with Crippen molar-refractivity contribution >= 4 is 51.9 Å². The second-order valence-corrected chi connectivity index (χ2v) is 11.6. The molecule has 5 heterocycles. The maximum atomic E-state index is 13.5. The van der Waals surface area contributed by atoms with Crippen molar-refractivity contribution in [2.45, 2.75) is 19.3 Å². The third-order valence-corrected chi connectivity index (χ3v) is 8.40. The van der Waals surface area contributed by atoms with E-state index in [-0.39, 0.29) is 23.4 Å². The highest BCUT2D eigenvalue weighted by molar-refractivity contribution is 6.16. The number of rotatable bonds is 9. The predicted molar refractivity (Wildman–Crippen MR) is 176 cm³/mol. The molecule has 3 aromatic heterocycles. The Morgan fingerprint density at radius 2 is 1.93 bits per heavy atom. The van der Waals surface area contributed by atoms with Crippen molar-refractivity contribution in [3.05, 3.63) is 78.1 Å². The average molecular weight is 624 g/mol. The van der Waals surface area contributed by atoms with Crippen LogP contribution in [0.2, 0.25) is 0 Å². The Balaban J connectivity index is 1.18. The highest BCUT2D eigenvalue weighted by Crippen LogP contribution is 2.37. The number of aromatic nitrogens is 3. The van der Waals surface area contributed by atoms with Gasteiger partial charge in [0.2, 0.25) is 11.7 Å². The van der Waals surface area contributed by atoms with E-state index in [9.17, 15) is 14.4 Å². The zero-order chi connectivity index (χ0) is 32.2. The molecule has 2 aliphatic heterocycles. The standard InChI is InChI=1S/C34H37N7O5/c1-39(14-5-17-45-3)33(43)22-10-15-41(16-11-22)27-9-13-36-32-30(27)23(21-40(32)2)18-29-31(42)26-19-24(7-8-28(26)46-29)37-34(44)38-25-6-4-12-35-20-25/h4,6-9,12-13,18-22H,5,10-11,14-17H2,1-3H3,(H2,37,38,44). The lowest BCUT2D eigenvalue weighted by molar-refractivity contribution is -0.135. The van der Waals surface area contributed by atoms with Gasteiger partial charge in [0.05, 0.1) is 17.4 Å². The number of aryl methyl sites for hydroxylation is 1. The minimum Gasteiger partial charge on any atom is -0.452 e. The normalized spacial score (nSPS) is 15.6. The molecule has 0 bridgehead atoms. The molecular weight excluding hydrogens is 586 g/mol. The lowest BCUT2D eigenvalue weighted by Gasteiger charge is -2.35. The van der Waals surface area contributed by atoms with Crippen LogP contribution in [0.25, 0.3) is 17.1 Å². The number of allylic oxidation sites excluding steroid dienone is 1. The van der Waals surface area contributed by atoms with Crippen molar-refractivity contribution in [1.29, 1.82) is 0 Å². The number of hydrogen-bond donors (Lipinski definition) is 2. The van der Waals surface area contributed by atoms with Gasteiger partial charge < -0.3 is 34.5 Å². The summed E-state index contributed by atoms with van der Waals surface area (Å²) < 4.78 is 13.1. The molecule has 1 aromatic carbocycles. The van der Waals surface area contributed by atoms with Gasteiger partial charge in [-0.2, -0.15) is 0 Å². The molecule has 0 radical (unpaired) electrons. The van der Waals surface area contributed by atoms with Crippen LogP contribution in [-0.4, -0.2) is 77.6 Å². The molecule has 1 saturated heterocycles. The minimum atomic E-state index is -0.451. The van der Waals surface area contributed by atoms with Crippen molar-refractivity contribution in [2.24, 2.45) is 13.0 Å². The molecule has 12 nitrogen and oxygen atoms in total. The van der Waals surface area contributed by atoms with E-state index in [0.717, 1.165) is 54.6 Å². The molecule has 2 aliphatic rings. The van der Waals surface area contributed by atoms with E-state index >= 15 is 0 Å². The van der Waals surface area contributed by atoms with Crippen LogP contribution in [0.15, 0.2) is 66.9 Å². The van der Waals surface area contributed by atoms with E-state index in [1.54, 1.807) is 62.1 Å². The number of urea groups is 1. The van der Waals surface area contributed by atoms with Crippen LogP contribution in [0.1, 0.15) is 35.2 Å². The number of ether oxygens (including phenoxy) is 2. The number of benzene rings is 1. The molecule has 46 heavy (non-hydrogen) atoms. The van der Waals surface area contributed by atoms with Crippen molar-refractivity contribution in [3.8, 4) is 5.75 Å². The summed E-state index contributed by atoms with van der Waals surface area (Å²) in [5, 5.41) is 6.38. The van der Waals surface area contributed by atoms with Crippen molar-refractivity contribution < 1.29 is 23.9 Å². The lowest BCUT2D eigenvalue weighted by Crippen LogP contribution is -2.41. The van der Waals surface area contributed by atoms with Crippen LogP contribution < -0.4 is 20.3 Å². The number of amides is 3. The van der Waals surface area contributed by atoms with Gasteiger partial charge >= 0.3 is 6.03 Å². The number of fused-ring (bicyclic) bond motifs is 2. The largest absolute Gasteiger partial charge is 0.452 e. The molecule has 0 saturated carbocycles. The maximum absolute atomic E-state index is 13.5. The van der Waals surface area contributed by atoms with E-state index < -0.39 is 6.03 Å². The molecule has 3 amide bonds. The summed E-state index contributed by atoms with van der Waals surface area (Å²) >= 11 is 0. The SMILES string of the molecule is COCCCN(C)C(=O)C1CCN(c2ccnc3c2c(C=C2Oc4ccc(NC(=O)Nc5cccnc5)cc4C2=O)cn3C)CC1. The van der Waals surface area contributed by atoms with Crippen LogP contribution in [0.4, 0.5) is 21.9 Å². The number of ketones is 1. The van der Waals surface area contributed by atoms with Crippen molar-refractivity contribution in [3.63, 3.8) is 0 Å². The number of nitrogens with one attached hydrogen (secondary N) is 2. The lowest BCUT2D eigenvalue weighted by atomic mass is 9.94. The molecular formula is C34H37N7O5. The van der Waals surface area contributed by atoms with Gasteiger partial charge in [0, 0.05) is 94.3 Å². The summed E-state index contributed by atoms with van der Waals surface area (Å²) in [4.78, 5) is 51.7. The Morgan fingerprint density at radius 1 is 1.13 bits per heavy atom. The number of carbonyl (C=O) groups excluding carboxylic acids is 3. The number of anilines is 3.